The van der Waals surface area contributed by atoms with E-state index in [4.69, 9.17) is 11.6 Å². The van der Waals surface area contributed by atoms with Gasteiger partial charge in [-0.05, 0) is 30.9 Å². The van der Waals surface area contributed by atoms with Crippen molar-refractivity contribution in [2.24, 2.45) is 11.8 Å². The maximum Gasteiger partial charge on any atom is 0.223 e. The molecule has 5 heteroatoms. The number of imidazole rings is 1. The number of rotatable bonds is 5. The highest BCUT2D eigenvalue weighted by molar-refractivity contribution is 6.31. The van der Waals surface area contributed by atoms with E-state index in [2.05, 4.69) is 10.3 Å². The van der Waals surface area contributed by atoms with Crippen molar-refractivity contribution in [1.29, 1.82) is 0 Å². The van der Waals surface area contributed by atoms with E-state index in [1.54, 1.807) is 12.5 Å². The highest BCUT2D eigenvalue weighted by atomic mass is 35.5. The van der Waals surface area contributed by atoms with Gasteiger partial charge in [-0.2, -0.15) is 0 Å². The van der Waals surface area contributed by atoms with Crippen LogP contribution in [0.3, 0.4) is 0 Å². The fourth-order valence-corrected chi connectivity index (χ4v) is 2.75. The molecule has 1 aliphatic rings. The quantitative estimate of drug-likeness (QED) is 0.922. The molecule has 0 radical (unpaired) electrons. The van der Waals surface area contributed by atoms with Gasteiger partial charge in [-0.25, -0.2) is 4.98 Å². The highest BCUT2D eigenvalue weighted by Crippen LogP contribution is 2.36. The Morgan fingerprint density at radius 1 is 1.52 bits per heavy atom. The minimum Gasteiger partial charge on any atom is -0.352 e. The molecule has 1 aromatic heterocycles. The van der Waals surface area contributed by atoms with E-state index in [0.717, 1.165) is 11.3 Å². The predicted octanol–water partition coefficient (Wildman–Crippen LogP) is 3.19. The van der Waals surface area contributed by atoms with Crippen LogP contribution in [0.4, 0.5) is 0 Å². The molecule has 0 spiro atoms. The summed E-state index contributed by atoms with van der Waals surface area (Å²) in [5.74, 6) is 0.752. The summed E-state index contributed by atoms with van der Waals surface area (Å²) in [5, 5.41) is 3.66. The largest absolute Gasteiger partial charge is 0.352 e. The van der Waals surface area contributed by atoms with Crippen LogP contribution in [-0.2, 0) is 11.3 Å². The average Bonchev–Trinajstić information content (AvgIpc) is 3.19. The molecule has 0 aliphatic heterocycles. The lowest BCUT2D eigenvalue weighted by atomic mass is 10.1. The van der Waals surface area contributed by atoms with Gasteiger partial charge in [-0.1, -0.05) is 24.6 Å². The third-order valence-corrected chi connectivity index (χ3v) is 4.41. The molecule has 3 rings (SSSR count). The third-order valence-electron chi connectivity index (χ3n) is 4.06. The summed E-state index contributed by atoms with van der Waals surface area (Å²) in [6.45, 7) is 2.43. The van der Waals surface area contributed by atoms with Crippen molar-refractivity contribution in [3.05, 3.63) is 47.5 Å². The van der Waals surface area contributed by atoms with Gasteiger partial charge in [-0.3, -0.25) is 4.79 Å². The van der Waals surface area contributed by atoms with Gasteiger partial charge in [0.15, 0.2) is 0 Å². The van der Waals surface area contributed by atoms with Crippen LogP contribution in [0, 0.1) is 11.8 Å². The fraction of sp³-hybridized carbons (Fsp3) is 0.375. The summed E-state index contributed by atoms with van der Waals surface area (Å²) in [6, 6.07) is 5.71. The molecule has 21 heavy (non-hydrogen) atoms. The third kappa shape index (κ3) is 3.10. The Bertz CT molecular complexity index is 635. The molecule has 110 valence electrons. The average molecular weight is 304 g/mol. The van der Waals surface area contributed by atoms with Crippen molar-refractivity contribution < 1.29 is 4.79 Å². The first-order valence-corrected chi connectivity index (χ1v) is 7.58. The van der Waals surface area contributed by atoms with E-state index < -0.39 is 0 Å². The lowest BCUT2D eigenvalue weighted by Gasteiger charge is -2.15. The number of aromatic nitrogens is 2. The topological polar surface area (TPSA) is 46.9 Å². The van der Waals surface area contributed by atoms with Gasteiger partial charge in [-0.15, -0.1) is 0 Å². The SMILES string of the molecule is C[C@@H](C(=O)NCc1c(Cl)cccc1-n1ccnc1)C1CC1. The Labute approximate surface area is 129 Å². The van der Waals surface area contributed by atoms with E-state index in [-0.39, 0.29) is 11.8 Å². The fourth-order valence-electron chi connectivity index (χ4n) is 2.51. The zero-order chi connectivity index (χ0) is 14.8. The predicted molar refractivity (Wildman–Crippen MR) is 82.3 cm³/mol. The number of carbonyl (C=O) groups excluding carboxylic acids is 1. The first-order chi connectivity index (χ1) is 10.2. The van der Waals surface area contributed by atoms with Crippen molar-refractivity contribution >= 4 is 17.5 Å². The number of hydrogen-bond donors (Lipinski definition) is 1. The van der Waals surface area contributed by atoms with Crippen molar-refractivity contribution in [2.75, 3.05) is 0 Å². The number of benzene rings is 1. The van der Waals surface area contributed by atoms with Crippen molar-refractivity contribution in [2.45, 2.75) is 26.3 Å². The molecule has 1 aliphatic carbocycles. The standard InChI is InChI=1S/C16H18ClN3O/c1-11(12-5-6-12)16(21)19-9-13-14(17)3-2-4-15(13)20-8-7-18-10-20/h2-4,7-8,10-12H,5-6,9H2,1H3,(H,19,21)/t11-/m1/s1. The second-order valence-corrected chi connectivity index (χ2v) is 5.96. The van der Waals surface area contributed by atoms with Gasteiger partial charge in [0.1, 0.15) is 0 Å². The van der Waals surface area contributed by atoms with E-state index in [1.807, 2.05) is 35.9 Å². The van der Waals surface area contributed by atoms with E-state index in [0.29, 0.717) is 17.5 Å². The van der Waals surface area contributed by atoms with Crippen molar-refractivity contribution in [1.82, 2.24) is 14.9 Å². The Balaban J connectivity index is 1.77. The van der Waals surface area contributed by atoms with Crippen LogP contribution in [-0.4, -0.2) is 15.5 Å². The molecule has 0 saturated heterocycles. The van der Waals surface area contributed by atoms with Crippen LogP contribution in [0.25, 0.3) is 5.69 Å². The number of amides is 1. The number of carbonyl (C=O) groups is 1. The lowest BCUT2D eigenvalue weighted by Crippen LogP contribution is -2.30. The molecule has 1 aromatic carbocycles. The first-order valence-electron chi connectivity index (χ1n) is 7.20. The Kier molecular flexibility index (Phi) is 3.97. The Morgan fingerprint density at radius 3 is 3.00 bits per heavy atom. The summed E-state index contributed by atoms with van der Waals surface area (Å²) < 4.78 is 1.90. The van der Waals surface area contributed by atoms with E-state index >= 15 is 0 Å². The van der Waals surface area contributed by atoms with Gasteiger partial charge >= 0.3 is 0 Å². The van der Waals surface area contributed by atoms with Crippen LogP contribution >= 0.6 is 11.6 Å². The number of nitrogens with one attached hydrogen (secondary N) is 1. The summed E-state index contributed by atoms with van der Waals surface area (Å²) in [7, 11) is 0. The number of halogens is 1. The maximum absolute atomic E-state index is 12.1. The van der Waals surface area contributed by atoms with Crippen LogP contribution < -0.4 is 5.32 Å². The summed E-state index contributed by atoms with van der Waals surface area (Å²) in [5.41, 5.74) is 1.85. The first kappa shape index (κ1) is 14.1. The second-order valence-electron chi connectivity index (χ2n) is 5.55. The van der Waals surface area contributed by atoms with Crippen LogP contribution in [0.1, 0.15) is 25.3 Å². The van der Waals surface area contributed by atoms with Gasteiger partial charge in [0, 0.05) is 35.4 Å². The minimum atomic E-state index is 0.0872. The lowest BCUT2D eigenvalue weighted by molar-refractivity contribution is -0.125. The number of nitrogens with zero attached hydrogens (tertiary/aromatic N) is 2. The van der Waals surface area contributed by atoms with Gasteiger partial charge in [0.05, 0.1) is 12.0 Å². The van der Waals surface area contributed by atoms with E-state index in [9.17, 15) is 4.79 Å². The molecular weight excluding hydrogens is 286 g/mol. The molecule has 4 nitrogen and oxygen atoms in total. The van der Waals surface area contributed by atoms with Crippen LogP contribution in [0.15, 0.2) is 36.9 Å². The molecule has 1 N–H and O–H groups in total. The molecule has 1 heterocycles. The summed E-state index contributed by atoms with van der Waals surface area (Å²) in [6.07, 6.45) is 7.65. The van der Waals surface area contributed by atoms with Gasteiger partial charge < -0.3 is 9.88 Å². The molecule has 2 aromatic rings. The smallest absolute Gasteiger partial charge is 0.223 e. The van der Waals surface area contributed by atoms with Crippen molar-refractivity contribution in [3.63, 3.8) is 0 Å². The van der Waals surface area contributed by atoms with E-state index in [1.165, 1.54) is 12.8 Å². The molecule has 0 bridgehead atoms. The molecule has 0 unspecified atom stereocenters. The molecule has 1 saturated carbocycles. The van der Waals surface area contributed by atoms with Crippen LogP contribution in [0.2, 0.25) is 5.02 Å². The van der Waals surface area contributed by atoms with Gasteiger partial charge in [0.2, 0.25) is 5.91 Å². The monoisotopic (exact) mass is 303 g/mol. The second kappa shape index (κ2) is 5.90. The highest BCUT2D eigenvalue weighted by Gasteiger charge is 2.32. The van der Waals surface area contributed by atoms with Crippen LogP contribution in [0.5, 0.6) is 0 Å². The summed E-state index contributed by atoms with van der Waals surface area (Å²) >= 11 is 6.30. The zero-order valence-corrected chi connectivity index (χ0v) is 12.7. The molecule has 1 atom stereocenters. The minimum absolute atomic E-state index is 0.0872. The Morgan fingerprint density at radius 2 is 2.33 bits per heavy atom. The van der Waals surface area contributed by atoms with Gasteiger partial charge in [0.25, 0.3) is 0 Å². The molecule has 1 fully saturated rings. The Hall–Kier alpha value is -1.81. The number of hydrogen-bond acceptors (Lipinski definition) is 2. The normalized spacial score (nSPS) is 15.7. The molecular formula is C16H18ClN3O. The zero-order valence-electron chi connectivity index (χ0n) is 11.9. The molecule has 1 amide bonds. The maximum atomic E-state index is 12.1. The summed E-state index contributed by atoms with van der Waals surface area (Å²) in [4.78, 5) is 16.2. The van der Waals surface area contributed by atoms with Crippen molar-refractivity contribution in [3.8, 4) is 5.69 Å².